The van der Waals surface area contributed by atoms with Crippen molar-refractivity contribution < 1.29 is 19.1 Å². The van der Waals surface area contributed by atoms with E-state index in [1.54, 1.807) is 44.2 Å². The zero-order chi connectivity index (χ0) is 20.3. The van der Waals surface area contributed by atoms with Gasteiger partial charge in [-0.25, -0.2) is 9.18 Å². The average Bonchev–Trinajstić information content (AvgIpc) is 2.68. The highest BCUT2D eigenvalue weighted by Gasteiger charge is 2.22. The molecule has 1 amide bonds. The second-order valence-electron chi connectivity index (χ2n) is 7.10. The number of benzene rings is 2. The fourth-order valence-corrected chi connectivity index (χ4v) is 3.21. The van der Waals surface area contributed by atoms with E-state index in [9.17, 15) is 19.1 Å². The molecule has 28 heavy (non-hydrogen) atoms. The van der Waals surface area contributed by atoms with Crippen LogP contribution in [-0.2, 0) is 4.79 Å². The van der Waals surface area contributed by atoms with Crippen molar-refractivity contribution in [3.8, 4) is 0 Å². The fourth-order valence-electron chi connectivity index (χ4n) is 3.21. The minimum Gasteiger partial charge on any atom is -0.478 e. The smallest absolute Gasteiger partial charge is 0.337 e. The van der Waals surface area contributed by atoms with Crippen LogP contribution in [0.3, 0.4) is 0 Å². The summed E-state index contributed by atoms with van der Waals surface area (Å²) in [6, 6.07) is 11.7. The van der Waals surface area contributed by atoms with Crippen LogP contribution in [-0.4, -0.2) is 43.2 Å². The monoisotopic (exact) mass is 385 g/mol. The molecule has 6 nitrogen and oxygen atoms in total. The largest absolute Gasteiger partial charge is 0.478 e. The summed E-state index contributed by atoms with van der Waals surface area (Å²) in [5.41, 5.74) is 1.70. The molecule has 0 aromatic heterocycles. The van der Waals surface area contributed by atoms with Crippen LogP contribution in [0.2, 0.25) is 0 Å². The van der Waals surface area contributed by atoms with Gasteiger partial charge in [-0.3, -0.25) is 4.79 Å². The molecular weight excluding hydrogens is 361 g/mol. The summed E-state index contributed by atoms with van der Waals surface area (Å²) in [6.45, 7) is 6.05. The standard InChI is InChI=1S/C21H24FN3O3/c1-14(2)20(26)23-18-8-7-15(13-16(18)21(27)28)24-9-11-25(12-10-24)19-6-4-3-5-17(19)22/h3-8,13-14H,9-12H2,1-2H3,(H,23,26)(H,27,28). The number of rotatable bonds is 5. The number of hydrogen-bond acceptors (Lipinski definition) is 4. The minimum atomic E-state index is -1.09. The zero-order valence-electron chi connectivity index (χ0n) is 16.0. The number of anilines is 3. The van der Waals surface area contributed by atoms with Gasteiger partial charge in [-0.05, 0) is 30.3 Å². The summed E-state index contributed by atoms with van der Waals surface area (Å²) in [5, 5.41) is 12.2. The van der Waals surface area contributed by atoms with Gasteiger partial charge in [0.05, 0.1) is 16.9 Å². The van der Waals surface area contributed by atoms with Crippen molar-refractivity contribution in [1.29, 1.82) is 0 Å². The molecule has 0 saturated carbocycles. The number of carbonyl (C=O) groups excluding carboxylic acids is 1. The van der Waals surface area contributed by atoms with Gasteiger partial charge in [0.15, 0.2) is 0 Å². The summed E-state index contributed by atoms with van der Waals surface area (Å²) < 4.78 is 14.0. The fraction of sp³-hybridized carbons (Fsp3) is 0.333. The molecule has 0 aliphatic carbocycles. The highest BCUT2D eigenvalue weighted by atomic mass is 19.1. The summed E-state index contributed by atoms with van der Waals surface area (Å²) in [6.07, 6.45) is 0. The molecule has 1 fully saturated rings. The van der Waals surface area contributed by atoms with E-state index in [0.717, 1.165) is 5.69 Å². The maximum absolute atomic E-state index is 14.0. The summed E-state index contributed by atoms with van der Waals surface area (Å²) in [7, 11) is 0. The van der Waals surface area contributed by atoms with Gasteiger partial charge in [0.1, 0.15) is 5.82 Å². The lowest BCUT2D eigenvalue weighted by molar-refractivity contribution is -0.118. The van der Waals surface area contributed by atoms with E-state index in [0.29, 0.717) is 37.6 Å². The van der Waals surface area contributed by atoms with E-state index in [2.05, 4.69) is 10.2 Å². The molecule has 1 aliphatic heterocycles. The number of para-hydroxylation sites is 1. The summed E-state index contributed by atoms with van der Waals surface area (Å²) in [5.74, 6) is -1.80. The van der Waals surface area contributed by atoms with E-state index in [1.165, 1.54) is 6.07 Å². The number of halogens is 1. The molecule has 7 heteroatoms. The van der Waals surface area contributed by atoms with Crippen molar-refractivity contribution in [2.24, 2.45) is 5.92 Å². The lowest BCUT2D eigenvalue weighted by atomic mass is 10.1. The molecule has 1 saturated heterocycles. The normalized spacial score (nSPS) is 14.3. The highest BCUT2D eigenvalue weighted by molar-refractivity contribution is 6.01. The SMILES string of the molecule is CC(C)C(=O)Nc1ccc(N2CCN(c3ccccc3F)CC2)cc1C(=O)O. The van der Waals surface area contributed by atoms with E-state index < -0.39 is 5.97 Å². The first-order valence-electron chi connectivity index (χ1n) is 9.29. The van der Waals surface area contributed by atoms with Crippen LogP contribution in [0.5, 0.6) is 0 Å². The van der Waals surface area contributed by atoms with E-state index in [1.807, 2.05) is 11.0 Å². The molecule has 1 aliphatic rings. The second-order valence-corrected chi connectivity index (χ2v) is 7.10. The second kappa shape index (κ2) is 8.29. The topological polar surface area (TPSA) is 72.9 Å². The average molecular weight is 385 g/mol. The molecule has 0 radical (unpaired) electrons. The van der Waals surface area contributed by atoms with E-state index >= 15 is 0 Å². The molecule has 1 heterocycles. The molecule has 0 atom stereocenters. The predicted molar refractivity (Wildman–Crippen MR) is 108 cm³/mol. The Bertz CT molecular complexity index is 877. The van der Waals surface area contributed by atoms with Crippen molar-refractivity contribution in [2.75, 3.05) is 41.3 Å². The molecule has 2 aromatic carbocycles. The Hall–Kier alpha value is -3.09. The van der Waals surface area contributed by atoms with Gasteiger partial charge in [0, 0.05) is 37.8 Å². The number of aromatic carboxylic acids is 1. The molecule has 148 valence electrons. The number of nitrogens with zero attached hydrogens (tertiary/aromatic N) is 2. The number of carboxylic acids is 1. The van der Waals surface area contributed by atoms with Gasteiger partial charge in [-0.2, -0.15) is 0 Å². The van der Waals surface area contributed by atoms with Crippen molar-refractivity contribution in [3.05, 3.63) is 53.8 Å². The molecule has 0 unspecified atom stereocenters. The predicted octanol–water partition coefficient (Wildman–Crippen LogP) is 3.45. The number of nitrogens with one attached hydrogen (secondary N) is 1. The molecule has 0 bridgehead atoms. The molecule has 2 aromatic rings. The first-order valence-corrected chi connectivity index (χ1v) is 9.29. The third-order valence-electron chi connectivity index (χ3n) is 4.85. The number of carboxylic acid groups (broad SMARTS) is 1. The van der Waals surface area contributed by atoms with Gasteiger partial charge < -0.3 is 20.2 Å². The van der Waals surface area contributed by atoms with Crippen LogP contribution >= 0.6 is 0 Å². The van der Waals surface area contributed by atoms with Gasteiger partial charge in [0.25, 0.3) is 0 Å². The Morgan fingerprint density at radius 2 is 1.68 bits per heavy atom. The Morgan fingerprint density at radius 1 is 1.04 bits per heavy atom. The highest BCUT2D eigenvalue weighted by Crippen LogP contribution is 2.27. The lowest BCUT2D eigenvalue weighted by Crippen LogP contribution is -2.46. The third kappa shape index (κ3) is 4.24. The van der Waals surface area contributed by atoms with Crippen molar-refractivity contribution in [3.63, 3.8) is 0 Å². The maximum Gasteiger partial charge on any atom is 0.337 e. The maximum atomic E-state index is 14.0. The zero-order valence-corrected chi connectivity index (χ0v) is 16.0. The van der Waals surface area contributed by atoms with Crippen LogP contribution in [0.25, 0.3) is 0 Å². The first-order chi connectivity index (χ1) is 13.4. The van der Waals surface area contributed by atoms with Crippen molar-refractivity contribution >= 4 is 28.9 Å². The summed E-state index contributed by atoms with van der Waals surface area (Å²) >= 11 is 0. The Balaban J connectivity index is 1.74. The molecular formula is C21H24FN3O3. The number of piperazine rings is 1. The van der Waals surface area contributed by atoms with Crippen molar-refractivity contribution in [1.82, 2.24) is 0 Å². The van der Waals surface area contributed by atoms with Gasteiger partial charge in [-0.1, -0.05) is 26.0 Å². The minimum absolute atomic E-state index is 0.0584. The Labute approximate surface area is 163 Å². The van der Waals surface area contributed by atoms with Crippen LogP contribution in [0, 0.1) is 11.7 Å². The Kier molecular flexibility index (Phi) is 5.82. The molecule has 2 N–H and O–H groups in total. The van der Waals surface area contributed by atoms with Crippen LogP contribution in [0.1, 0.15) is 24.2 Å². The van der Waals surface area contributed by atoms with Gasteiger partial charge in [0.2, 0.25) is 5.91 Å². The quantitative estimate of drug-likeness (QED) is 0.825. The first kappa shape index (κ1) is 19.7. The Morgan fingerprint density at radius 3 is 2.29 bits per heavy atom. The summed E-state index contributed by atoms with van der Waals surface area (Å²) in [4.78, 5) is 27.6. The van der Waals surface area contributed by atoms with E-state index in [4.69, 9.17) is 0 Å². The lowest BCUT2D eigenvalue weighted by Gasteiger charge is -2.37. The number of amides is 1. The van der Waals surface area contributed by atoms with Gasteiger partial charge in [-0.15, -0.1) is 0 Å². The molecule has 0 spiro atoms. The van der Waals surface area contributed by atoms with Crippen LogP contribution < -0.4 is 15.1 Å². The van der Waals surface area contributed by atoms with Crippen molar-refractivity contribution in [2.45, 2.75) is 13.8 Å². The molecule has 3 rings (SSSR count). The van der Waals surface area contributed by atoms with Crippen LogP contribution in [0.15, 0.2) is 42.5 Å². The van der Waals surface area contributed by atoms with E-state index in [-0.39, 0.29) is 23.2 Å². The number of hydrogen-bond donors (Lipinski definition) is 2. The number of carbonyl (C=O) groups is 2. The third-order valence-corrected chi connectivity index (χ3v) is 4.85. The van der Waals surface area contributed by atoms with Crippen LogP contribution in [0.4, 0.5) is 21.5 Å². The van der Waals surface area contributed by atoms with Gasteiger partial charge >= 0.3 is 5.97 Å².